The van der Waals surface area contributed by atoms with Gasteiger partial charge in [-0.25, -0.2) is 0 Å². The van der Waals surface area contributed by atoms with Crippen LogP contribution in [0.25, 0.3) is 0 Å². The van der Waals surface area contributed by atoms with Crippen LogP contribution in [0.15, 0.2) is 0 Å². The highest BCUT2D eigenvalue weighted by molar-refractivity contribution is 5.78. The van der Waals surface area contributed by atoms with Gasteiger partial charge in [-0.1, -0.05) is 20.3 Å². The summed E-state index contributed by atoms with van der Waals surface area (Å²) in [5, 5.41) is 0. The van der Waals surface area contributed by atoms with Crippen molar-refractivity contribution in [1.29, 1.82) is 0 Å². The van der Waals surface area contributed by atoms with E-state index in [9.17, 15) is 4.79 Å². The average Bonchev–Trinajstić information content (AvgIpc) is 2.41. The van der Waals surface area contributed by atoms with Crippen LogP contribution in [0.5, 0.6) is 0 Å². The first-order valence-electron chi connectivity index (χ1n) is 7.85. The Labute approximate surface area is 117 Å². The summed E-state index contributed by atoms with van der Waals surface area (Å²) in [4.78, 5) is 16.7. The quantitative estimate of drug-likeness (QED) is 0.838. The van der Waals surface area contributed by atoms with Crippen molar-refractivity contribution < 1.29 is 4.79 Å². The van der Waals surface area contributed by atoms with E-state index in [0.717, 1.165) is 45.4 Å². The van der Waals surface area contributed by atoms with Gasteiger partial charge in [0.2, 0.25) is 5.91 Å². The van der Waals surface area contributed by atoms with Gasteiger partial charge in [-0.15, -0.1) is 0 Å². The number of nitrogens with two attached hydrogens (primary N) is 1. The van der Waals surface area contributed by atoms with Crippen molar-refractivity contribution in [3.63, 3.8) is 0 Å². The summed E-state index contributed by atoms with van der Waals surface area (Å²) in [6, 6.07) is 0.325. The topological polar surface area (TPSA) is 49.6 Å². The van der Waals surface area contributed by atoms with Gasteiger partial charge in [0.1, 0.15) is 0 Å². The summed E-state index contributed by atoms with van der Waals surface area (Å²) in [5.74, 6) is 1.54. The number of hydrogen-bond acceptors (Lipinski definition) is 3. The van der Waals surface area contributed by atoms with Crippen LogP contribution in [-0.4, -0.2) is 54.5 Å². The van der Waals surface area contributed by atoms with Crippen LogP contribution in [0.3, 0.4) is 0 Å². The third-order valence-electron chi connectivity index (χ3n) is 4.77. The zero-order valence-electron chi connectivity index (χ0n) is 12.5. The van der Waals surface area contributed by atoms with Crippen molar-refractivity contribution >= 4 is 5.91 Å². The molecule has 0 aromatic carbocycles. The Morgan fingerprint density at radius 3 is 2.74 bits per heavy atom. The molecule has 1 amide bonds. The van der Waals surface area contributed by atoms with Crippen molar-refractivity contribution in [2.24, 2.45) is 17.6 Å². The standard InChI is InChI=1S/C15H29N3O/c1-3-13-10-17(8-6-14(13)16)11-15(19)18-7-4-5-12(2)9-18/h12-14H,3-11,16H2,1-2H3. The average molecular weight is 267 g/mol. The van der Waals surface area contributed by atoms with E-state index in [0.29, 0.717) is 30.3 Å². The molecule has 0 spiro atoms. The van der Waals surface area contributed by atoms with Crippen LogP contribution in [0, 0.1) is 11.8 Å². The predicted molar refractivity (Wildman–Crippen MR) is 77.8 cm³/mol. The molecule has 2 saturated heterocycles. The van der Waals surface area contributed by atoms with Gasteiger partial charge in [-0.05, 0) is 31.1 Å². The van der Waals surface area contributed by atoms with E-state index < -0.39 is 0 Å². The molecule has 2 N–H and O–H groups in total. The largest absolute Gasteiger partial charge is 0.341 e. The highest BCUT2D eigenvalue weighted by Crippen LogP contribution is 2.20. The minimum Gasteiger partial charge on any atom is -0.341 e. The molecule has 2 aliphatic heterocycles. The lowest BCUT2D eigenvalue weighted by Gasteiger charge is -2.38. The fourth-order valence-electron chi connectivity index (χ4n) is 3.41. The SMILES string of the molecule is CCC1CN(CC(=O)N2CCCC(C)C2)CCC1N. The fraction of sp³-hybridized carbons (Fsp3) is 0.933. The maximum Gasteiger partial charge on any atom is 0.236 e. The summed E-state index contributed by atoms with van der Waals surface area (Å²) in [7, 11) is 0. The van der Waals surface area contributed by atoms with Gasteiger partial charge < -0.3 is 10.6 Å². The number of carbonyl (C=O) groups is 1. The normalized spacial score (nSPS) is 33.4. The van der Waals surface area contributed by atoms with Crippen LogP contribution in [0.2, 0.25) is 0 Å². The molecule has 3 atom stereocenters. The number of carbonyl (C=O) groups excluding carboxylic acids is 1. The lowest BCUT2D eigenvalue weighted by Crippen LogP contribution is -2.51. The van der Waals surface area contributed by atoms with E-state index >= 15 is 0 Å². The molecule has 2 aliphatic rings. The molecule has 0 saturated carbocycles. The van der Waals surface area contributed by atoms with E-state index in [1.807, 2.05) is 0 Å². The third kappa shape index (κ3) is 3.93. The molecule has 0 aromatic rings. The Morgan fingerprint density at radius 1 is 1.26 bits per heavy atom. The Bertz CT molecular complexity index is 308. The van der Waals surface area contributed by atoms with Crippen LogP contribution in [-0.2, 0) is 4.79 Å². The van der Waals surface area contributed by atoms with Crippen molar-refractivity contribution in [2.75, 3.05) is 32.7 Å². The molecule has 2 heterocycles. The first-order chi connectivity index (χ1) is 9.10. The molecular weight excluding hydrogens is 238 g/mol. The van der Waals surface area contributed by atoms with Crippen LogP contribution in [0.4, 0.5) is 0 Å². The second-order valence-corrected chi connectivity index (χ2v) is 6.44. The van der Waals surface area contributed by atoms with Crippen molar-refractivity contribution in [3.8, 4) is 0 Å². The molecule has 4 heteroatoms. The molecule has 0 radical (unpaired) electrons. The molecule has 3 unspecified atom stereocenters. The number of nitrogens with zero attached hydrogens (tertiary/aromatic N) is 2. The number of likely N-dealkylation sites (tertiary alicyclic amines) is 2. The second kappa shape index (κ2) is 6.71. The van der Waals surface area contributed by atoms with Gasteiger partial charge in [-0.2, -0.15) is 0 Å². The van der Waals surface area contributed by atoms with Gasteiger partial charge in [0.05, 0.1) is 6.54 Å². The number of piperidine rings is 2. The first-order valence-corrected chi connectivity index (χ1v) is 7.85. The van der Waals surface area contributed by atoms with Crippen molar-refractivity contribution in [1.82, 2.24) is 9.80 Å². The summed E-state index contributed by atoms with van der Waals surface area (Å²) in [5.41, 5.74) is 6.12. The second-order valence-electron chi connectivity index (χ2n) is 6.44. The Balaban J connectivity index is 1.81. The van der Waals surface area contributed by atoms with Crippen LogP contribution < -0.4 is 5.73 Å². The lowest BCUT2D eigenvalue weighted by atomic mass is 9.90. The highest BCUT2D eigenvalue weighted by atomic mass is 16.2. The van der Waals surface area contributed by atoms with E-state index in [-0.39, 0.29) is 0 Å². The summed E-state index contributed by atoms with van der Waals surface area (Å²) in [6.07, 6.45) is 4.57. The first kappa shape index (κ1) is 14.8. The summed E-state index contributed by atoms with van der Waals surface area (Å²) < 4.78 is 0. The molecule has 4 nitrogen and oxygen atoms in total. The van der Waals surface area contributed by atoms with Gasteiger partial charge in [0.15, 0.2) is 0 Å². The predicted octanol–water partition coefficient (Wildman–Crippen LogP) is 1.30. The monoisotopic (exact) mass is 267 g/mol. The smallest absolute Gasteiger partial charge is 0.236 e. The van der Waals surface area contributed by atoms with Crippen LogP contribution in [0.1, 0.15) is 39.5 Å². The number of hydrogen-bond donors (Lipinski definition) is 1. The van der Waals surface area contributed by atoms with Gasteiger partial charge >= 0.3 is 0 Å². The summed E-state index contributed by atoms with van der Waals surface area (Å²) >= 11 is 0. The molecule has 2 rings (SSSR count). The Morgan fingerprint density at radius 2 is 2.05 bits per heavy atom. The molecule has 0 aliphatic carbocycles. The zero-order chi connectivity index (χ0) is 13.8. The number of amides is 1. The van der Waals surface area contributed by atoms with Crippen LogP contribution >= 0.6 is 0 Å². The van der Waals surface area contributed by atoms with Gasteiger partial charge in [0, 0.05) is 32.2 Å². The van der Waals surface area contributed by atoms with E-state index in [4.69, 9.17) is 5.73 Å². The molecular formula is C15H29N3O. The molecule has 19 heavy (non-hydrogen) atoms. The van der Waals surface area contributed by atoms with E-state index in [1.54, 1.807) is 0 Å². The third-order valence-corrected chi connectivity index (χ3v) is 4.77. The van der Waals surface area contributed by atoms with Crippen molar-refractivity contribution in [2.45, 2.75) is 45.6 Å². The van der Waals surface area contributed by atoms with E-state index in [2.05, 4.69) is 23.6 Å². The Kier molecular flexibility index (Phi) is 5.22. The number of rotatable bonds is 3. The van der Waals surface area contributed by atoms with E-state index in [1.165, 1.54) is 6.42 Å². The van der Waals surface area contributed by atoms with Gasteiger partial charge in [0.25, 0.3) is 0 Å². The molecule has 0 bridgehead atoms. The minimum atomic E-state index is 0.317. The maximum atomic E-state index is 12.3. The molecule has 0 aromatic heterocycles. The Hall–Kier alpha value is -0.610. The minimum absolute atomic E-state index is 0.317. The lowest BCUT2D eigenvalue weighted by molar-refractivity contribution is -0.134. The maximum absolute atomic E-state index is 12.3. The zero-order valence-corrected chi connectivity index (χ0v) is 12.5. The fourth-order valence-corrected chi connectivity index (χ4v) is 3.41. The highest BCUT2D eigenvalue weighted by Gasteiger charge is 2.28. The molecule has 2 fully saturated rings. The van der Waals surface area contributed by atoms with Crippen molar-refractivity contribution in [3.05, 3.63) is 0 Å². The van der Waals surface area contributed by atoms with Gasteiger partial charge in [-0.3, -0.25) is 9.69 Å². The molecule has 110 valence electrons. The summed E-state index contributed by atoms with van der Waals surface area (Å²) in [6.45, 7) is 8.90.